The van der Waals surface area contributed by atoms with Gasteiger partial charge in [-0.15, -0.1) is 10.2 Å². The van der Waals surface area contributed by atoms with Gasteiger partial charge in [-0.1, -0.05) is 36.8 Å². The maximum Gasteiger partial charge on any atom is 0.271 e. The van der Waals surface area contributed by atoms with Gasteiger partial charge in [0.1, 0.15) is 6.33 Å². The van der Waals surface area contributed by atoms with E-state index in [0.29, 0.717) is 18.1 Å². The molecule has 0 unspecified atom stereocenters. The second-order valence-electron chi connectivity index (χ2n) is 6.43. The van der Waals surface area contributed by atoms with Crippen LogP contribution in [-0.4, -0.2) is 32.2 Å². The van der Waals surface area contributed by atoms with Crippen LogP contribution in [0.25, 0.3) is 5.82 Å². The molecule has 1 amide bonds. The summed E-state index contributed by atoms with van der Waals surface area (Å²) in [5, 5.41) is 11.2. The van der Waals surface area contributed by atoms with Gasteiger partial charge in [0.25, 0.3) is 5.91 Å². The van der Waals surface area contributed by atoms with E-state index in [-0.39, 0.29) is 11.3 Å². The normalized spacial score (nSPS) is 15.4. The monoisotopic (exact) mass is 333 g/mol. The SMILES string of the molecule is O=C(NCC1(c2ccccc2)CCC1)c1ccc(-n2ccnc2)nn1. The molecule has 0 atom stereocenters. The standard InChI is InChI=1S/C19H19N5O/c25-18(16-7-8-17(23-22-16)24-12-11-20-14-24)21-13-19(9-4-10-19)15-5-2-1-3-6-15/h1-3,5-8,11-12,14H,4,9-10,13H2,(H,21,25). The van der Waals surface area contributed by atoms with Crippen molar-refractivity contribution in [3.63, 3.8) is 0 Å². The molecule has 0 saturated heterocycles. The zero-order valence-electron chi connectivity index (χ0n) is 13.8. The average Bonchev–Trinajstić information content (AvgIpc) is 3.16. The zero-order valence-corrected chi connectivity index (χ0v) is 13.8. The molecule has 1 N–H and O–H groups in total. The smallest absolute Gasteiger partial charge is 0.271 e. The fraction of sp³-hybridized carbons (Fsp3) is 0.263. The molecule has 1 aliphatic rings. The lowest BCUT2D eigenvalue weighted by molar-refractivity contribution is 0.0922. The van der Waals surface area contributed by atoms with Crippen molar-refractivity contribution in [2.45, 2.75) is 24.7 Å². The van der Waals surface area contributed by atoms with Crippen molar-refractivity contribution in [1.29, 1.82) is 0 Å². The fourth-order valence-electron chi connectivity index (χ4n) is 3.28. The third-order valence-electron chi connectivity index (χ3n) is 4.94. The number of hydrogen-bond acceptors (Lipinski definition) is 4. The Morgan fingerprint density at radius 3 is 2.56 bits per heavy atom. The predicted octanol–water partition coefficient (Wildman–Crippen LogP) is 2.51. The van der Waals surface area contributed by atoms with Crippen molar-refractivity contribution in [2.24, 2.45) is 0 Å². The Morgan fingerprint density at radius 1 is 1.12 bits per heavy atom. The summed E-state index contributed by atoms with van der Waals surface area (Å²) in [5.41, 5.74) is 1.68. The molecule has 2 aromatic heterocycles. The van der Waals surface area contributed by atoms with Gasteiger partial charge in [0.05, 0.1) is 0 Å². The fourth-order valence-corrected chi connectivity index (χ4v) is 3.28. The van der Waals surface area contributed by atoms with E-state index >= 15 is 0 Å². The van der Waals surface area contributed by atoms with Crippen LogP contribution in [0.5, 0.6) is 0 Å². The Labute approximate surface area is 145 Å². The minimum Gasteiger partial charge on any atom is -0.350 e. The number of aromatic nitrogens is 4. The topological polar surface area (TPSA) is 72.7 Å². The van der Waals surface area contributed by atoms with Crippen LogP contribution in [0.15, 0.2) is 61.2 Å². The number of imidazole rings is 1. The minimum atomic E-state index is -0.188. The van der Waals surface area contributed by atoms with Gasteiger partial charge in [-0.25, -0.2) is 4.98 Å². The number of nitrogens with one attached hydrogen (secondary N) is 1. The molecule has 0 spiro atoms. The highest BCUT2D eigenvalue weighted by Crippen LogP contribution is 2.43. The number of benzene rings is 1. The predicted molar refractivity (Wildman–Crippen MR) is 93.5 cm³/mol. The van der Waals surface area contributed by atoms with Crippen LogP contribution >= 0.6 is 0 Å². The average molecular weight is 333 g/mol. The first-order valence-electron chi connectivity index (χ1n) is 8.43. The Balaban J connectivity index is 1.43. The molecule has 1 fully saturated rings. The number of carbonyl (C=O) groups excluding carboxylic acids is 1. The Morgan fingerprint density at radius 2 is 1.96 bits per heavy atom. The first-order valence-corrected chi connectivity index (χ1v) is 8.43. The van der Waals surface area contributed by atoms with Crippen LogP contribution in [0.1, 0.15) is 35.3 Å². The number of rotatable bonds is 5. The van der Waals surface area contributed by atoms with Gasteiger partial charge in [0, 0.05) is 24.4 Å². The largest absolute Gasteiger partial charge is 0.350 e. The van der Waals surface area contributed by atoms with Crippen molar-refractivity contribution < 1.29 is 4.79 Å². The van der Waals surface area contributed by atoms with Gasteiger partial charge >= 0.3 is 0 Å². The zero-order chi connectivity index (χ0) is 17.1. The molecular weight excluding hydrogens is 314 g/mol. The van der Waals surface area contributed by atoms with E-state index in [4.69, 9.17) is 0 Å². The molecule has 2 heterocycles. The van der Waals surface area contributed by atoms with E-state index in [2.05, 4.69) is 44.8 Å². The first-order chi connectivity index (χ1) is 12.3. The number of nitrogens with zero attached hydrogens (tertiary/aromatic N) is 4. The summed E-state index contributed by atoms with van der Waals surface area (Å²) in [6.07, 6.45) is 8.49. The molecule has 1 aromatic carbocycles. The van der Waals surface area contributed by atoms with Crippen LogP contribution in [0.4, 0.5) is 0 Å². The second kappa shape index (κ2) is 6.47. The molecule has 0 bridgehead atoms. The molecule has 126 valence electrons. The summed E-state index contributed by atoms with van der Waals surface area (Å²) >= 11 is 0. The van der Waals surface area contributed by atoms with Crippen molar-refractivity contribution in [2.75, 3.05) is 6.54 Å². The van der Waals surface area contributed by atoms with Crippen LogP contribution in [0, 0.1) is 0 Å². The van der Waals surface area contributed by atoms with E-state index in [1.165, 1.54) is 12.0 Å². The molecule has 25 heavy (non-hydrogen) atoms. The third-order valence-corrected chi connectivity index (χ3v) is 4.94. The van der Waals surface area contributed by atoms with Crippen molar-refractivity contribution in [1.82, 2.24) is 25.1 Å². The molecule has 3 aromatic rings. The maximum atomic E-state index is 12.4. The molecule has 1 saturated carbocycles. The lowest BCUT2D eigenvalue weighted by Gasteiger charge is -2.42. The first kappa shape index (κ1) is 15.5. The van der Waals surface area contributed by atoms with E-state index < -0.39 is 0 Å². The van der Waals surface area contributed by atoms with Crippen molar-refractivity contribution >= 4 is 5.91 Å². The molecule has 0 aliphatic heterocycles. The van der Waals surface area contributed by atoms with Crippen LogP contribution in [0.3, 0.4) is 0 Å². The summed E-state index contributed by atoms with van der Waals surface area (Å²) in [6.45, 7) is 0.626. The Kier molecular flexibility index (Phi) is 4.01. The van der Waals surface area contributed by atoms with E-state index in [9.17, 15) is 4.79 Å². The Hall–Kier alpha value is -3.02. The summed E-state index contributed by atoms with van der Waals surface area (Å²) in [5.74, 6) is 0.445. The van der Waals surface area contributed by atoms with Gasteiger partial charge < -0.3 is 5.32 Å². The molecular formula is C19H19N5O. The summed E-state index contributed by atoms with van der Waals surface area (Å²) in [6, 6.07) is 13.9. The van der Waals surface area contributed by atoms with Crippen LogP contribution in [0.2, 0.25) is 0 Å². The van der Waals surface area contributed by atoms with Crippen molar-refractivity contribution in [3.05, 3.63) is 72.4 Å². The molecule has 1 aliphatic carbocycles. The number of amides is 1. The second-order valence-corrected chi connectivity index (χ2v) is 6.43. The van der Waals surface area contributed by atoms with Gasteiger partial charge in [-0.3, -0.25) is 9.36 Å². The van der Waals surface area contributed by atoms with Gasteiger partial charge in [0.2, 0.25) is 0 Å². The van der Waals surface area contributed by atoms with Gasteiger partial charge in [-0.2, -0.15) is 0 Å². The van der Waals surface area contributed by atoms with E-state index in [1.54, 1.807) is 35.4 Å². The number of carbonyl (C=O) groups is 1. The highest BCUT2D eigenvalue weighted by atomic mass is 16.1. The highest BCUT2D eigenvalue weighted by molar-refractivity contribution is 5.92. The van der Waals surface area contributed by atoms with E-state index in [0.717, 1.165) is 12.8 Å². The highest BCUT2D eigenvalue weighted by Gasteiger charge is 2.38. The minimum absolute atomic E-state index is 0.0566. The summed E-state index contributed by atoms with van der Waals surface area (Å²) < 4.78 is 1.74. The lowest BCUT2D eigenvalue weighted by Crippen LogP contribution is -2.45. The third kappa shape index (κ3) is 3.03. The maximum absolute atomic E-state index is 12.4. The number of hydrogen-bond donors (Lipinski definition) is 1. The molecule has 0 radical (unpaired) electrons. The van der Waals surface area contributed by atoms with Gasteiger partial charge in [0.15, 0.2) is 11.5 Å². The Bertz CT molecular complexity index is 839. The lowest BCUT2D eigenvalue weighted by atomic mass is 9.64. The molecule has 4 rings (SSSR count). The van der Waals surface area contributed by atoms with Crippen molar-refractivity contribution in [3.8, 4) is 5.82 Å². The van der Waals surface area contributed by atoms with Gasteiger partial charge in [-0.05, 0) is 30.5 Å². The van der Waals surface area contributed by atoms with Crippen LogP contribution < -0.4 is 5.32 Å². The summed E-state index contributed by atoms with van der Waals surface area (Å²) in [7, 11) is 0. The quantitative estimate of drug-likeness (QED) is 0.779. The molecule has 6 heteroatoms. The van der Waals surface area contributed by atoms with E-state index in [1.807, 2.05) is 6.07 Å². The summed E-state index contributed by atoms with van der Waals surface area (Å²) in [4.78, 5) is 16.4. The molecule has 6 nitrogen and oxygen atoms in total. The van der Waals surface area contributed by atoms with Crippen LogP contribution in [-0.2, 0) is 5.41 Å².